The van der Waals surface area contributed by atoms with Crippen LogP contribution < -0.4 is 10.4 Å². The summed E-state index contributed by atoms with van der Waals surface area (Å²) in [5, 5.41) is 4.40. The molecule has 0 radical (unpaired) electrons. The van der Waals surface area contributed by atoms with E-state index in [0.29, 0.717) is 37.1 Å². The van der Waals surface area contributed by atoms with Crippen molar-refractivity contribution in [1.29, 1.82) is 0 Å². The van der Waals surface area contributed by atoms with Crippen molar-refractivity contribution in [2.45, 2.75) is 50.0 Å². The van der Waals surface area contributed by atoms with Crippen molar-refractivity contribution in [1.82, 2.24) is 14.3 Å². The molecule has 1 aliphatic heterocycles. The monoisotopic (exact) mass is 451 g/mol. The van der Waals surface area contributed by atoms with Crippen LogP contribution in [0.25, 0.3) is 0 Å². The second kappa shape index (κ2) is 7.46. The molecule has 0 bridgehead atoms. The maximum Gasteiger partial charge on any atom is 0.416 e. The largest absolute Gasteiger partial charge is 0.490 e. The highest BCUT2D eigenvalue weighted by atomic mass is 19.4. The van der Waals surface area contributed by atoms with E-state index in [9.17, 15) is 26.7 Å². The number of nitrogens with zero attached hydrogens (tertiary/aromatic N) is 3. The van der Waals surface area contributed by atoms with Gasteiger partial charge in [0.25, 0.3) is 0 Å². The molecule has 0 saturated heterocycles. The summed E-state index contributed by atoms with van der Waals surface area (Å²) in [5.74, 6) is -0.743. The first-order valence-electron chi connectivity index (χ1n) is 10.2. The summed E-state index contributed by atoms with van der Waals surface area (Å²) >= 11 is 0. The molecule has 5 rings (SSSR count). The molecule has 5 nitrogen and oxygen atoms in total. The SMILES string of the molecule is O=c1n2c(nn1[C@H]1C[C@H](Oc3cccc(C(F)(F)F)c3)C1)CC[C@H]2c1cc(F)cc(F)c1. The molecule has 0 amide bonds. The van der Waals surface area contributed by atoms with Crippen LogP contribution in [0.2, 0.25) is 0 Å². The molecule has 32 heavy (non-hydrogen) atoms. The lowest BCUT2D eigenvalue weighted by Gasteiger charge is -2.34. The van der Waals surface area contributed by atoms with E-state index >= 15 is 0 Å². The van der Waals surface area contributed by atoms with Crippen LogP contribution in [-0.2, 0) is 12.6 Å². The van der Waals surface area contributed by atoms with Crippen LogP contribution in [0, 0.1) is 11.6 Å². The number of alkyl halides is 3. The van der Waals surface area contributed by atoms with Crippen molar-refractivity contribution >= 4 is 0 Å². The quantitative estimate of drug-likeness (QED) is 0.543. The first kappa shape index (κ1) is 20.7. The fourth-order valence-corrected chi connectivity index (χ4v) is 4.41. The van der Waals surface area contributed by atoms with Gasteiger partial charge in [0.2, 0.25) is 0 Å². The average Bonchev–Trinajstić information content (AvgIpc) is 3.24. The lowest BCUT2D eigenvalue weighted by molar-refractivity contribution is -0.137. The minimum atomic E-state index is -4.45. The number of hydrogen-bond acceptors (Lipinski definition) is 3. The third kappa shape index (κ3) is 3.67. The van der Waals surface area contributed by atoms with Crippen molar-refractivity contribution in [3.05, 3.63) is 81.5 Å². The van der Waals surface area contributed by atoms with Gasteiger partial charge in [-0.15, -0.1) is 0 Å². The number of rotatable bonds is 4. The smallest absolute Gasteiger partial charge is 0.416 e. The van der Waals surface area contributed by atoms with Gasteiger partial charge in [0.15, 0.2) is 0 Å². The lowest BCUT2D eigenvalue weighted by atomic mass is 9.89. The first-order valence-corrected chi connectivity index (χ1v) is 10.2. The molecule has 1 aliphatic carbocycles. The van der Waals surface area contributed by atoms with Gasteiger partial charge in [-0.05, 0) is 42.3 Å². The molecule has 0 unspecified atom stereocenters. The Kier molecular flexibility index (Phi) is 4.83. The Hall–Kier alpha value is -3.17. The van der Waals surface area contributed by atoms with Crippen LogP contribution in [0.3, 0.4) is 0 Å². The fourth-order valence-electron chi connectivity index (χ4n) is 4.41. The molecule has 2 aromatic carbocycles. The van der Waals surface area contributed by atoms with Crippen LogP contribution >= 0.6 is 0 Å². The molecule has 1 saturated carbocycles. The maximum atomic E-state index is 13.6. The Morgan fingerprint density at radius 2 is 1.75 bits per heavy atom. The van der Waals surface area contributed by atoms with Crippen molar-refractivity contribution in [3.63, 3.8) is 0 Å². The molecule has 2 aliphatic rings. The number of halogens is 5. The molecular weight excluding hydrogens is 433 g/mol. The van der Waals surface area contributed by atoms with E-state index in [4.69, 9.17) is 4.74 Å². The second-order valence-corrected chi connectivity index (χ2v) is 8.16. The first-order chi connectivity index (χ1) is 15.2. The molecule has 2 heterocycles. The minimum absolute atomic E-state index is 0.121. The zero-order valence-electron chi connectivity index (χ0n) is 16.6. The normalized spacial score (nSPS) is 22.5. The van der Waals surface area contributed by atoms with E-state index in [1.54, 1.807) is 0 Å². The van der Waals surface area contributed by atoms with Gasteiger partial charge in [-0.2, -0.15) is 18.3 Å². The number of fused-ring (bicyclic) bond motifs is 1. The van der Waals surface area contributed by atoms with Gasteiger partial charge < -0.3 is 4.74 Å². The molecule has 1 atom stereocenters. The number of benzene rings is 2. The van der Waals surface area contributed by atoms with Gasteiger partial charge >= 0.3 is 11.9 Å². The Morgan fingerprint density at radius 3 is 2.44 bits per heavy atom. The molecule has 168 valence electrons. The summed E-state index contributed by atoms with van der Waals surface area (Å²) in [6.45, 7) is 0. The third-order valence-electron chi connectivity index (χ3n) is 6.01. The minimum Gasteiger partial charge on any atom is -0.490 e. The zero-order chi connectivity index (χ0) is 22.6. The molecule has 0 N–H and O–H groups in total. The number of aryl methyl sites for hydroxylation is 1. The average molecular weight is 451 g/mol. The van der Waals surface area contributed by atoms with Gasteiger partial charge in [0.1, 0.15) is 29.3 Å². The molecule has 3 aromatic rings. The van der Waals surface area contributed by atoms with Crippen LogP contribution in [0.4, 0.5) is 22.0 Å². The predicted octanol–water partition coefficient (Wildman–Crippen LogP) is 4.66. The molecular formula is C22H18F5N3O2. The van der Waals surface area contributed by atoms with Gasteiger partial charge in [-0.25, -0.2) is 18.3 Å². The zero-order valence-corrected chi connectivity index (χ0v) is 16.6. The third-order valence-corrected chi connectivity index (χ3v) is 6.01. The Morgan fingerprint density at radius 1 is 1.03 bits per heavy atom. The van der Waals surface area contributed by atoms with E-state index in [1.165, 1.54) is 33.5 Å². The summed E-state index contributed by atoms with van der Waals surface area (Å²) in [7, 11) is 0. The van der Waals surface area contributed by atoms with Crippen molar-refractivity contribution in [3.8, 4) is 5.75 Å². The Labute approximate surface area is 179 Å². The van der Waals surface area contributed by atoms with Crippen LogP contribution in [0.15, 0.2) is 47.3 Å². The molecule has 10 heteroatoms. The lowest BCUT2D eigenvalue weighted by Crippen LogP contribution is -2.41. The highest BCUT2D eigenvalue weighted by Gasteiger charge is 2.38. The predicted molar refractivity (Wildman–Crippen MR) is 103 cm³/mol. The van der Waals surface area contributed by atoms with E-state index in [0.717, 1.165) is 18.2 Å². The van der Waals surface area contributed by atoms with E-state index in [2.05, 4.69) is 5.10 Å². The standard InChI is InChI=1S/C22H18F5N3O2/c23-14-6-12(7-15(24)9-14)19-4-5-20-28-30(21(31)29(19)20)16-10-18(11-16)32-17-3-1-2-13(8-17)22(25,26)27/h1-3,6-9,16,18-19H,4-5,10-11H2/t16-,18-,19-/m0/s1. The van der Waals surface area contributed by atoms with Crippen molar-refractivity contribution < 1.29 is 26.7 Å². The second-order valence-electron chi connectivity index (χ2n) is 8.16. The number of aromatic nitrogens is 3. The summed E-state index contributed by atoms with van der Waals surface area (Å²) in [6, 6.07) is 7.15. The van der Waals surface area contributed by atoms with Crippen molar-refractivity contribution in [2.75, 3.05) is 0 Å². The van der Waals surface area contributed by atoms with Gasteiger partial charge in [-0.3, -0.25) is 4.57 Å². The Bertz CT molecular complexity index is 1210. The fraction of sp³-hybridized carbons (Fsp3) is 0.364. The number of hydrogen-bond donors (Lipinski definition) is 0. The van der Waals surface area contributed by atoms with E-state index in [-0.39, 0.29) is 23.6 Å². The van der Waals surface area contributed by atoms with Crippen LogP contribution in [0.5, 0.6) is 5.75 Å². The van der Waals surface area contributed by atoms with Gasteiger partial charge in [0.05, 0.1) is 17.6 Å². The van der Waals surface area contributed by atoms with Crippen LogP contribution in [0.1, 0.15) is 48.3 Å². The molecule has 1 fully saturated rings. The molecule has 1 aromatic heterocycles. The van der Waals surface area contributed by atoms with Gasteiger partial charge in [-0.1, -0.05) is 6.07 Å². The number of ether oxygens (including phenoxy) is 1. The summed E-state index contributed by atoms with van der Waals surface area (Å²) in [5.41, 5.74) is -0.774. The summed E-state index contributed by atoms with van der Waals surface area (Å²) in [6.07, 6.45) is -2.92. The highest BCUT2D eigenvalue weighted by Crippen LogP contribution is 2.37. The van der Waals surface area contributed by atoms with Crippen molar-refractivity contribution in [2.24, 2.45) is 0 Å². The molecule has 0 spiro atoms. The van der Waals surface area contributed by atoms with E-state index < -0.39 is 29.4 Å². The highest BCUT2D eigenvalue weighted by molar-refractivity contribution is 5.30. The summed E-state index contributed by atoms with van der Waals surface area (Å²) < 4.78 is 74.3. The van der Waals surface area contributed by atoms with E-state index in [1.807, 2.05) is 0 Å². The summed E-state index contributed by atoms with van der Waals surface area (Å²) in [4.78, 5) is 13.0. The van der Waals surface area contributed by atoms with Crippen LogP contribution in [-0.4, -0.2) is 20.5 Å². The Balaban J connectivity index is 1.30. The maximum absolute atomic E-state index is 13.6. The van der Waals surface area contributed by atoms with Gasteiger partial charge in [0, 0.05) is 25.3 Å². The topological polar surface area (TPSA) is 49.0 Å².